The second kappa shape index (κ2) is 5.40. The molecule has 0 saturated carbocycles. The van der Waals surface area contributed by atoms with Crippen molar-refractivity contribution in [3.63, 3.8) is 0 Å². The van der Waals surface area contributed by atoms with Gasteiger partial charge in [-0.3, -0.25) is 0 Å². The summed E-state index contributed by atoms with van der Waals surface area (Å²) in [5.74, 6) is 0. The molecule has 3 rings (SSSR count). The highest BCUT2D eigenvalue weighted by atomic mass is 32.2. The minimum Gasteiger partial charge on any atom is -0.384 e. The van der Waals surface area contributed by atoms with Crippen LogP contribution in [0.1, 0.15) is 12.0 Å². The zero-order chi connectivity index (χ0) is 12.2. The Morgan fingerprint density at radius 2 is 2.17 bits per heavy atom. The summed E-state index contributed by atoms with van der Waals surface area (Å²) in [7, 11) is 0. The van der Waals surface area contributed by atoms with E-state index in [0.717, 1.165) is 18.0 Å². The number of hydrogen-bond donors (Lipinski definition) is 1. The van der Waals surface area contributed by atoms with Crippen LogP contribution >= 0.6 is 11.8 Å². The minimum atomic E-state index is 0.562. The van der Waals surface area contributed by atoms with Gasteiger partial charge in [-0.1, -0.05) is 18.2 Å². The van der Waals surface area contributed by atoms with E-state index in [-0.39, 0.29) is 0 Å². The number of fused-ring (bicyclic) bond motifs is 1. The first-order chi connectivity index (χ1) is 8.92. The van der Waals surface area contributed by atoms with Crippen LogP contribution in [0.15, 0.2) is 47.9 Å². The Kier molecular flexibility index (Phi) is 3.46. The van der Waals surface area contributed by atoms with E-state index >= 15 is 0 Å². The highest BCUT2D eigenvalue weighted by molar-refractivity contribution is 7.99. The molecule has 0 aliphatic carbocycles. The minimum absolute atomic E-state index is 0.562. The smallest absolute Gasteiger partial charge is 0.116 e. The molecule has 2 heterocycles. The Hall–Kier alpha value is -1.55. The molecule has 92 valence electrons. The SMILES string of the molecule is c1ccc2c(c1)CCC(Sc1ccncn1)CN2. The van der Waals surface area contributed by atoms with Gasteiger partial charge in [0.1, 0.15) is 6.33 Å². The van der Waals surface area contributed by atoms with Gasteiger partial charge in [0, 0.05) is 23.7 Å². The lowest BCUT2D eigenvalue weighted by atomic mass is 10.1. The van der Waals surface area contributed by atoms with E-state index in [1.165, 1.54) is 17.7 Å². The molecule has 2 aromatic rings. The summed E-state index contributed by atoms with van der Waals surface area (Å²) in [6.45, 7) is 0.992. The lowest BCUT2D eigenvalue weighted by Crippen LogP contribution is -2.14. The molecule has 1 atom stereocenters. The van der Waals surface area contributed by atoms with Crippen molar-refractivity contribution in [2.45, 2.75) is 23.1 Å². The molecule has 1 aromatic heterocycles. The fourth-order valence-corrected chi connectivity index (χ4v) is 3.16. The first-order valence-corrected chi connectivity index (χ1v) is 7.04. The van der Waals surface area contributed by atoms with Crippen molar-refractivity contribution >= 4 is 17.4 Å². The number of thioether (sulfide) groups is 1. The first kappa shape index (κ1) is 11.5. The number of para-hydroxylation sites is 1. The molecular formula is C14H15N3S. The van der Waals surface area contributed by atoms with Crippen LogP contribution in [0.25, 0.3) is 0 Å². The molecule has 18 heavy (non-hydrogen) atoms. The first-order valence-electron chi connectivity index (χ1n) is 6.16. The standard InChI is InChI=1S/C14H15N3S/c1-2-4-13-11(3-1)5-6-12(9-16-13)18-14-7-8-15-10-17-14/h1-4,7-8,10,12,16H,5-6,9H2. The summed E-state index contributed by atoms with van der Waals surface area (Å²) >= 11 is 1.83. The number of aryl methyl sites for hydroxylation is 1. The number of rotatable bonds is 2. The largest absolute Gasteiger partial charge is 0.384 e. The molecule has 0 bridgehead atoms. The maximum Gasteiger partial charge on any atom is 0.116 e. The second-order valence-electron chi connectivity index (χ2n) is 4.36. The molecule has 1 N–H and O–H groups in total. The summed E-state index contributed by atoms with van der Waals surface area (Å²) in [5, 5.41) is 5.15. The molecule has 0 saturated heterocycles. The number of anilines is 1. The third-order valence-electron chi connectivity index (χ3n) is 3.12. The van der Waals surface area contributed by atoms with Crippen LogP contribution < -0.4 is 5.32 Å². The highest BCUT2D eigenvalue weighted by Gasteiger charge is 2.16. The van der Waals surface area contributed by atoms with Gasteiger partial charge in [-0.2, -0.15) is 0 Å². The van der Waals surface area contributed by atoms with E-state index in [2.05, 4.69) is 39.6 Å². The normalized spacial score (nSPS) is 18.6. The van der Waals surface area contributed by atoms with Crippen LogP contribution in [-0.4, -0.2) is 21.8 Å². The summed E-state index contributed by atoms with van der Waals surface area (Å²) in [6.07, 6.45) is 5.72. The van der Waals surface area contributed by atoms with Gasteiger partial charge in [-0.25, -0.2) is 9.97 Å². The summed E-state index contributed by atoms with van der Waals surface area (Å²) in [5.41, 5.74) is 2.70. The Bertz CT molecular complexity index is 488. The predicted octanol–water partition coefficient (Wildman–Crippen LogP) is 3.00. The van der Waals surface area contributed by atoms with Gasteiger partial charge < -0.3 is 5.32 Å². The zero-order valence-electron chi connectivity index (χ0n) is 10.0. The molecule has 1 aliphatic heterocycles. The van der Waals surface area contributed by atoms with Gasteiger partial charge in [0.15, 0.2) is 0 Å². The van der Waals surface area contributed by atoms with Gasteiger partial charge >= 0.3 is 0 Å². The maximum atomic E-state index is 4.28. The van der Waals surface area contributed by atoms with Crippen molar-refractivity contribution in [2.24, 2.45) is 0 Å². The third kappa shape index (κ3) is 2.64. The second-order valence-corrected chi connectivity index (χ2v) is 5.68. The van der Waals surface area contributed by atoms with E-state index in [1.807, 2.05) is 17.8 Å². The van der Waals surface area contributed by atoms with Gasteiger partial charge in [0.2, 0.25) is 0 Å². The van der Waals surface area contributed by atoms with Crippen molar-refractivity contribution in [2.75, 3.05) is 11.9 Å². The van der Waals surface area contributed by atoms with Crippen LogP contribution in [0.3, 0.4) is 0 Å². The molecule has 0 spiro atoms. The molecule has 1 aromatic carbocycles. The topological polar surface area (TPSA) is 37.8 Å². The molecule has 1 aliphatic rings. The van der Waals surface area contributed by atoms with Crippen molar-refractivity contribution in [3.05, 3.63) is 48.4 Å². The molecule has 1 unspecified atom stereocenters. The molecule has 0 radical (unpaired) electrons. The van der Waals surface area contributed by atoms with E-state index in [1.54, 1.807) is 12.5 Å². The van der Waals surface area contributed by atoms with Crippen LogP contribution in [0, 0.1) is 0 Å². The summed E-state index contributed by atoms with van der Waals surface area (Å²) in [6, 6.07) is 10.5. The van der Waals surface area contributed by atoms with E-state index in [4.69, 9.17) is 0 Å². The van der Waals surface area contributed by atoms with Gasteiger partial charge in [0.25, 0.3) is 0 Å². The number of nitrogens with one attached hydrogen (secondary N) is 1. The predicted molar refractivity (Wildman–Crippen MR) is 74.9 cm³/mol. The van der Waals surface area contributed by atoms with Crippen molar-refractivity contribution < 1.29 is 0 Å². The fraction of sp³-hybridized carbons (Fsp3) is 0.286. The molecule has 0 amide bonds. The lowest BCUT2D eigenvalue weighted by molar-refractivity contribution is 0.800. The van der Waals surface area contributed by atoms with Gasteiger partial charge in [0.05, 0.1) is 5.03 Å². The summed E-state index contributed by atoms with van der Waals surface area (Å²) in [4.78, 5) is 8.23. The van der Waals surface area contributed by atoms with Gasteiger partial charge in [-0.15, -0.1) is 11.8 Å². The fourth-order valence-electron chi connectivity index (χ4n) is 2.17. The lowest BCUT2D eigenvalue weighted by Gasteiger charge is -2.13. The highest BCUT2D eigenvalue weighted by Crippen LogP contribution is 2.29. The Labute approximate surface area is 111 Å². The summed E-state index contributed by atoms with van der Waals surface area (Å²) < 4.78 is 0. The number of nitrogens with zero attached hydrogens (tertiary/aromatic N) is 2. The quantitative estimate of drug-likeness (QED) is 0.839. The van der Waals surface area contributed by atoms with E-state index in [0.29, 0.717) is 5.25 Å². The number of hydrogen-bond acceptors (Lipinski definition) is 4. The van der Waals surface area contributed by atoms with Gasteiger partial charge in [-0.05, 0) is 30.5 Å². The Balaban J connectivity index is 1.68. The van der Waals surface area contributed by atoms with Crippen LogP contribution in [0.4, 0.5) is 5.69 Å². The van der Waals surface area contributed by atoms with Crippen LogP contribution in [0.5, 0.6) is 0 Å². The van der Waals surface area contributed by atoms with Crippen LogP contribution in [-0.2, 0) is 6.42 Å². The number of benzene rings is 1. The maximum absolute atomic E-state index is 4.28. The van der Waals surface area contributed by atoms with E-state index < -0.39 is 0 Å². The molecule has 4 heteroatoms. The average molecular weight is 257 g/mol. The number of aromatic nitrogens is 2. The monoisotopic (exact) mass is 257 g/mol. The molecule has 0 fully saturated rings. The average Bonchev–Trinajstić information content (AvgIpc) is 2.63. The molecule has 3 nitrogen and oxygen atoms in total. The van der Waals surface area contributed by atoms with Crippen molar-refractivity contribution in [1.29, 1.82) is 0 Å². The molecular weight excluding hydrogens is 242 g/mol. The van der Waals surface area contributed by atoms with E-state index in [9.17, 15) is 0 Å². The Morgan fingerprint density at radius 3 is 3.06 bits per heavy atom. The van der Waals surface area contributed by atoms with Crippen molar-refractivity contribution in [3.8, 4) is 0 Å². The van der Waals surface area contributed by atoms with Crippen molar-refractivity contribution in [1.82, 2.24) is 9.97 Å². The zero-order valence-corrected chi connectivity index (χ0v) is 10.9. The third-order valence-corrected chi connectivity index (χ3v) is 4.33. The Morgan fingerprint density at radius 1 is 1.22 bits per heavy atom. The van der Waals surface area contributed by atoms with Crippen LogP contribution in [0.2, 0.25) is 0 Å².